The molecule has 1 fully saturated rings. The molecule has 1 aromatic heterocycles. The first kappa shape index (κ1) is 14.4. The fourth-order valence-electron chi connectivity index (χ4n) is 3.04. The summed E-state index contributed by atoms with van der Waals surface area (Å²) in [6, 6.07) is 6.17. The zero-order chi connectivity index (χ0) is 15.7. The monoisotopic (exact) mass is 298 g/mol. The van der Waals surface area contributed by atoms with Crippen LogP contribution in [0.2, 0.25) is 0 Å². The van der Waals surface area contributed by atoms with Crippen LogP contribution in [-0.2, 0) is 11.2 Å². The van der Waals surface area contributed by atoms with Crippen molar-refractivity contribution in [1.82, 2.24) is 9.88 Å². The molecular formula is C16H18N4O2. The molecule has 1 amide bonds. The van der Waals surface area contributed by atoms with E-state index in [-0.39, 0.29) is 17.7 Å². The number of carbonyl (C=O) groups excluding carboxylic acids is 1. The number of aromatic amines is 1. The Labute approximate surface area is 128 Å². The molecule has 1 unspecified atom stereocenters. The zero-order valence-corrected chi connectivity index (χ0v) is 12.1. The summed E-state index contributed by atoms with van der Waals surface area (Å²) < 4.78 is 0. The van der Waals surface area contributed by atoms with Gasteiger partial charge in [0.1, 0.15) is 11.8 Å². The first-order chi connectivity index (χ1) is 10.6. The van der Waals surface area contributed by atoms with Crippen molar-refractivity contribution < 1.29 is 9.90 Å². The maximum Gasteiger partial charge on any atom is 0.240 e. The van der Waals surface area contributed by atoms with Gasteiger partial charge in [0, 0.05) is 23.6 Å². The first-order valence-electron chi connectivity index (χ1n) is 7.35. The molecule has 0 bridgehead atoms. The lowest BCUT2D eigenvalue weighted by atomic mass is 10.0. The van der Waals surface area contributed by atoms with Gasteiger partial charge in [-0.2, -0.15) is 5.26 Å². The van der Waals surface area contributed by atoms with E-state index in [0.29, 0.717) is 13.0 Å². The number of aromatic nitrogens is 1. The summed E-state index contributed by atoms with van der Waals surface area (Å²) in [6.45, 7) is 0.597. The second-order valence-electron chi connectivity index (χ2n) is 5.67. The lowest BCUT2D eigenvalue weighted by Gasteiger charge is -2.23. The van der Waals surface area contributed by atoms with E-state index in [2.05, 4.69) is 11.1 Å². The summed E-state index contributed by atoms with van der Waals surface area (Å²) in [5.74, 6) is -0.00381. The van der Waals surface area contributed by atoms with Crippen LogP contribution in [0, 0.1) is 11.3 Å². The van der Waals surface area contributed by atoms with Crippen LogP contribution in [0.15, 0.2) is 24.4 Å². The summed E-state index contributed by atoms with van der Waals surface area (Å²) in [7, 11) is 0. The zero-order valence-electron chi connectivity index (χ0n) is 12.1. The van der Waals surface area contributed by atoms with Gasteiger partial charge in [-0.15, -0.1) is 0 Å². The topological polar surface area (TPSA) is 106 Å². The number of phenolic OH excluding ortho intramolecular Hbond substituents is 1. The number of amides is 1. The van der Waals surface area contributed by atoms with Gasteiger partial charge in [-0.3, -0.25) is 4.79 Å². The van der Waals surface area contributed by atoms with E-state index >= 15 is 0 Å². The molecule has 2 heterocycles. The number of benzene rings is 1. The number of rotatable bonds is 3. The molecular weight excluding hydrogens is 280 g/mol. The van der Waals surface area contributed by atoms with Crippen molar-refractivity contribution in [3.05, 3.63) is 30.0 Å². The Bertz CT molecular complexity index is 746. The second kappa shape index (κ2) is 5.70. The maximum absolute atomic E-state index is 12.4. The fourth-order valence-corrected chi connectivity index (χ4v) is 3.04. The van der Waals surface area contributed by atoms with E-state index in [9.17, 15) is 9.90 Å². The Morgan fingerprint density at radius 2 is 2.41 bits per heavy atom. The van der Waals surface area contributed by atoms with Gasteiger partial charge in [-0.25, -0.2) is 0 Å². The number of H-pyrrole nitrogens is 1. The number of nitrogens with two attached hydrogens (primary N) is 1. The van der Waals surface area contributed by atoms with Gasteiger partial charge >= 0.3 is 0 Å². The van der Waals surface area contributed by atoms with Crippen LogP contribution in [0.4, 0.5) is 0 Å². The van der Waals surface area contributed by atoms with Crippen LogP contribution in [0.3, 0.4) is 0 Å². The van der Waals surface area contributed by atoms with E-state index in [0.717, 1.165) is 29.3 Å². The van der Waals surface area contributed by atoms with Crippen molar-refractivity contribution in [3.8, 4) is 11.8 Å². The molecule has 6 nitrogen and oxygen atoms in total. The SMILES string of the molecule is N#C[C@@H]1CCCN1C(=O)C(N)Cc1c[nH]c2ccc(O)cc12. The summed E-state index contributed by atoms with van der Waals surface area (Å²) in [4.78, 5) is 17.1. The number of phenols is 1. The van der Waals surface area contributed by atoms with E-state index < -0.39 is 6.04 Å². The second-order valence-corrected chi connectivity index (χ2v) is 5.67. The third-order valence-electron chi connectivity index (χ3n) is 4.19. The summed E-state index contributed by atoms with van der Waals surface area (Å²) in [5.41, 5.74) is 7.84. The highest BCUT2D eigenvalue weighted by molar-refractivity contribution is 5.87. The molecule has 4 N–H and O–H groups in total. The van der Waals surface area contributed by atoms with Gasteiger partial charge in [0.05, 0.1) is 12.1 Å². The summed E-state index contributed by atoms with van der Waals surface area (Å²) in [5, 5.41) is 19.5. The molecule has 0 aliphatic carbocycles. The molecule has 1 aliphatic heterocycles. The van der Waals surface area contributed by atoms with Crippen LogP contribution in [0.1, 0.15) is 18.4 Å². The number of likely N-dealkylation sites (tertiary alicyclic amines) is 1. The largest absolute Gasteiger partial charge is 0.508 e. The molecule has 3 rings (SSSR count). The lowest BCUT2D eigenvalue weighted by molar-refractivity contribution is -0.132. The minimum Gasteiger partial charge on any atom is -0.508 e. The van der Waals surface area contributed by atoms with Gasteiger partial charge in [0.2, 0.25) is 5.91 Å². The van der Waals surface area contributed by atoms with E-state index in [1.165, 1.54) is 0 Å². The molecule has 2 atom stereocenters. The lowest BCUT2D eigenvalue weighted by Crippen LogP contribution is -2.46. The number of carbonyl (C=O) groups is 1. The van der Waals surface area contributed by atoms with Crippen molar-refractivity contribution in [1.29, 1.82) is 5.26 Å². The van der Waals surface area contributed by atoms with Crippen LogP contribution >= 0.6 is 0 Å². The standard InChI is InChI=1S/C16H18N4O2/c17-8-11-2-1-5-20(11)16(22)14(18)6-10-9-19-15-4-3-12(21)7-13(10)15/h3-4,7,9,11,14,19,21H,1-2,5-6,18H2/t11-,14?/m0/s1. The highest BCUT2D eigenvalue weighted by Crippen LogP contribution is 2.24. The van der Waals surface area contributed by atoms with Crippen molar-refractivity contribution in [2.45, 2.75) is 31.3 Å². The van der Waals surface area contributed by atoms with E-state index in [4.69, 9.17) is 11.0 Å². The van der Waals surface area contributed by atoms with Crippen LogP contribution < -0.4 is 5.73 Å². The van der Waals surface area contributed by atoms with E-state index in [1.807, 2.05) is 6.20 Å². The Morgan fingerprint density at radius 3 is 3.18 bits per heavy atom. The molecule has 1 aliphatic rings. The van der Waals surface area contributed by atoms with Gasteiger partial charge in [-0.1, -0.05) is 0 Å². The number of nitrogens with zero attached hydrogens (tertiary/aromatic N) is 2. The Morgan fingerprint density at radius 1 is 1.59 bits per heavy atom. The first-order valence-corrected chi connectivity index (χ1v) is 7.35. The maximum atomic E-state index is 12.4. The number of fused-ring (bicyclic) bond motifs is 1. The number of hydrogen-bond donors (Lipinski definition) is 3. The summed E-state index contributed by atoms with van der Waals surface area (Å²) in [6.07, 6.45) is 3.74. The Hall–Kier alpha value is -2.52. The van der Waals surface area contributed by atoms with Gasteiger partial charge in [0.15, 0.2) is 0 Å². The van der Waals surface area contributed by atoms with Gasteiger partial charge < -0.3 is 20.7 Å². The van der Waals surface area contributed by atoms with Crippen molar-refractivity contribution in [2.24, 2.45) is 5.73 Å². The van der Waals surface area contributed by atoms with Crippen molar-refractivity contribution in [2.75, 3.05) is 6.54 Å². The fraction of sp³-hybridized carbons (Fsp3) is 0.375. The minimum absolute atomic E-state index is 0.178. The quantitative estimate of drug-likeness (QED) is 0.793. The van der Waals surface area contributed by atoms with Crippen molar-refractivity contribution >= 4 is 16.8 Å². The number of aromatic hydroxyl groups is 1. The molecule has 114 valence electrons. The predicted molar refractivity (Wildman–Crippen MR) is 82.0 cm³/mol. The molecule has 1 saturated heterocycles. The number of nitrogens with one attached hydrogen (secondary N) is 1. The molecule has 1 aromatic carbocycles. The number of nitriles is 1. The van der Waals surface area contributed by atoms with Crippen LogP contribution in [0.5, 0.6) is 5.75 Å². The molecule has 0 spiro atoms. The van der Waals surface area contributed by atoms with E-state index in [1.54, 1.807) is 23.1 Å². The highest BCUT2D eigenvalue weighted by atomic mass is 16.3. The average molecular weight is 298 g/mol. The third-order valence-corrected chi connectivity index (χ3v) is 4.19. The van der Waals surface area contributed by atoms with Gasteiger partial charge in [-0.05, 0) is 43.0 Å². The molecule has 2 aromatic rings. The minimum atomic E-state index is -0.685. The Kier molecular flexibility index (Phi) is 3.73. The van der Waals surface area contributed by atoms with Crippen molar-refractivity contribution in [3.63, 3.8) is 0 Å². The molecule has 0 radical (unpaired) electrons. The van der Waals surface area contributed by atoms with Gasteiger partial charge in [0.25, 0.3) is 0 Å². The van der Waals surface area contributed by atoms with Crippen LogP contribution in [-0.4, -0.2) is 39.5 Å². The molecule has 22 heavy (non-hydrogen) atoms. The Balaban J connectivity index is 1.78. The molecule has 6 heteroatoms. The average Bonchev–Trinajstić information content (AvgIpc) is 3.13. The summed E-state index contributed by atoms with van der Waals surface area (Å²) >= 11 is 0. The number of hydrogen-bond acceptors (Lipinski definition) is 4. The highest BCUT2D eigenvalue weighted by Gasteiger charge is 2.31. The normalized spacial score (nSPS) is 19.3. The smallest absolute Gasteiger partial charge is 0.240 e. The third kappa shape index (κ3) is 2.51. The predicted octanol–water partition coefficient (Wildman–Crippen LogP) is 1.26. The van der Waals surface area contributed by atoms with Crippen LogP contribution in [0.25, 0.3) is 10.9 Å². The molecule has 0 saturated carbocycles.